The highest BCUT2D eigenvalue weighted by molar-refractivity contribution is 14.0. The fraction of sp³-hybridized carbons (Fsp3) is 0.500. The number of ether oxygens (including phenoxy) is 2. The average molecular weight is 411 g/mol. The third kappa shape index (κ3) is 7.47. The molecule has 0 spiro atoms. The molecular weight excluding hydrogens is 388 g/mol. The molecule has 0 saturated carbocycles. The van der Waals surface area contributed by atoms with Crippen molar-refractivity contribution in [2.75, 3.05) is 33.9 Å². The van der Waals surface area contributed by atoms with Crippen LogP contribution in [-0.2, 0) is 11.3 Å². The highest BCUT2D eigenvalue weighted by Crippen LogP contribution is 2.17. The van der Waals surface area contributed by atoms with Crippen LogP contribution in [0.4, 0.5) is 4.39 Å². The molecule has 0 atom stereocenters. The number of hydrogen-bond donors (Lipinski definition) is 2. The number of benzene rings is 1. The lowest BCUT2D eigenvalue weighted by atomic mass is 10.2. The first-order valence-corrected chi connectivity index (χ1v) is 6.56. The molecule has 0 aliphatic rings. The highest BCUT2D eigenvalue weighted by atomic mass is 127. The van der Waals surface area contributed by atoms with E-state index in [1.165, 1.54) is 13.2 Å². The first-order chi connectivity index (χ1) is 9.71. The molecule has 0 saturated heterocycles. The highest BCUT2D eigenvalue weighted by Gasteiger charge is 2.04. The minimum absolute atomic E-state index is 0. The molecule has 0 aliphatic heterocycles. The van der Waals surface area contributed by atoms with E-state index in [0.29, 0.717) is 32.3 Å². The Kier molecular flexibility index (Phi) is 11.0. The van der Waals surface area contributed by atoms with Crippen molar-refractivity contribution in [3.63, 3.8) is 0 Å². The van der Waals surface area contributed by atoms with Gasteiger partial charge in [0.05, 0.1) is 13.7 Å². The Hall–Kier alpha value is -1.09. The number of methoxy groups -OCH3 is 1. The van der Waals surface area contributed by atoms with Gasteiger partial charge in [-0.1, -0.05) is 6.07 Å². The average Bonchev–Trinajstić information content (AvgIpc) is 2.46. The maximum absolute atomic E-state index is 13.5. The zero-order chi connectivity index (χ0) is 14.8. The molecular formula is C14H23FIN3O2. The van der Waals surface area contributed by atoms with E-state index >= 15 is 0 Å². The van der Waals surface area contributed by atoms with Gasteiger partial charge in [-0.2, -0.15) is 0 Å². The number of nitrogens with zero attached hydrogens (tertiary/aromatic N) is 1. The van der Waals surface area contributed by atoms with Crippen LogP contribution in [0.2, 0.25) is 0 Å². The van der Waals surface area contributed by atoms with Crippen LogP contribution >= 0.6 is 24.0 Å². The fourth-order valence-electron chi connectivity index (χ4n) is 1.61. The second kappa shape index (κ2) is 11.6. The lowest BCUT2D eigenvalue weighted by Gasteiger charge is -2.12. The second-order valence-electron chi connectivity index (χ2n) is 4.02. The molecule has 0 bridgehead atoms. The van der Waals surface area contributed by atoms with E-state index in [2.05, 4.69) is 15.6 Å². The van der Waals surface area contributed by atoms with Crippen LogP contribution in [0, 0.1) is 5.82 Å². The number of nitrogens with one attached hydrogen (secondary N) is 2. The maximum atomic E-state index is 13.5. The lowest BCUT2D eigenvalue weighted by Crippen LogP contribution is -2.38. The molecule has 0 heterocycles. The minimum Gasteiger partial charge on any atom is -0.494 e. The number of rotatable bonds is 7. The van der Waals surface area contributed by atoms with Crippen molar-refractivity contribution in [3.05, 3.63) is 29.6 Å². The molecule has 5 nitrogen and oxygen atoms in total. The molecule has 0 aliphatic carbocycles. The van der Waals surface area contributed by atoms with Gasteiger partial charge in [-0.3, -0.25) is 4.99 Å². The van der Waals surface area contributed by atoms with Crippen molar-refractivity contribution in [3.8, 4) is 5.75 Å². The molecule has 120 valence electrons. The topological polar surface area (TPSA) is 54.9 Å². The van der Waals surface area contributed by atoms with Crippen LogP contribution in [0.15, 0.2) is 23.2 Å². The van der Waals surface area contributed by atoms with Crippen LogP contribution in [0.1, 0.15) is 12.5 Å². The van der Waals surface area contributed by atoms with E-state index in [9.17, 15) is 4.39 Å². The van der Waals surface area contributed by atoms with Gasteiger partial charge >= 0.3 is 0 Å². The summed E-state index contributed by atoms with van der Waals surface area (Å²) in [5, 5.41) is 6.21. The predicted molar refractivity (Wildman–Crippen MR) is 93.1 cm³/mol. The van der Waals surface area contributed by atoms with E-state index in [1.54, 1.807) is 13.1 Å². The van der Waals surface area contributed by atoms with E-state index in [-0.39, 0.29) is 35.5 Å². The van der Waals surface area contributed by atoms with Crippen molar-refractivity contribution in [2.45, 2.75) is 13.5 Å². The predicted octanol–water partition coefficient (Wildman–Crippen LogP) is 2.15. The zero-order valence-electron chi connectivity index (χ0n) is 12.6. The van der Waals surface area contributed by atoms with E-state index in [4.69, 9.17) is 9.47 Å². The molecule has 0 aromatic heterocycles. The third-order valence-corrected chi connectivity index (χ3v) is 2.64. The van der Waals surface area contributed by atoms with Crippen LogP contribution in [0.25, 0.3) is 0 Å². The van der Waals surface area contributed by atoms with Crippen molar-refractivity contribution in [2.24, 2.45) is 4.99 Å². The van der Waals surface area contributed by atoms with Crippen LogP contribution in [0.5, 0.6) is 5.75 Å². The van der Waals surface area contributed by atoms with Gasteiger partial charge in [0, 0.05) is 26.7 Å². The van der Waals surface area contributed by atoms with Gasteiger partial charge in [-0.25, -0.2) is 4.39 Å². The largest absolute Gasteiger partial charge is 0.494 e. The Morgan fingerprint density at radius 3 is 2.67 bits per heavy atom. The molecule has 7 heteroatoms. The molecule has 21 heavy (non-hydrogen) atoms. The fourth-order valence-corrected chi connectivity index (χ4v) is 1.61. The Morgan fingerprint density at radius 2 is 2.10 bits per heavy atom. The van der Waals surface area contributed by atoms with Crippen molar-refractivity contribution in [1.82, 2.24) is 10.6 Å². The Bertz CT molecular complexity index is 444. The van der Waals surface area contributed by atoms with Gasteiger partial charge in [0.15, 0.2) is 17.5 Å². The summed E-state index contributed by atoms with van der Waals surface area (Å²) < 4.78 is 23.6. The standard InChI is InChI=1S/C14H22FN3O2.HI/c1-4-20-8-7-17-14(16-2)18-10-11-5-6-13(19-3)12(15)9-11;/h5-6,9H,4,7-8,10H2,1-3H3,(H2,16,17,18);1H. The number of guanidine groups is 1. The number of halogens is 2. The Morgan fingerprint density at radius 1 is 1.33 bits per heavy atom. The summed E-state index contributed by atoms with van der Waals surface area (Å²) in [4.78, 5) is 4.08. The van der Waals surface area contributed by atoms with E-state index < -0.39 is 0 Å². The van der Waals surface area contributed by atoms with Crippen LogP contribution in [0.3, 0.4) is 0 Å². The van der Waals surface area contributed by atoms with Crippen molar-refractivity contribution < 1.29 is 13.9 Å². The van der Waals surface area contributed by atoms with Crippen LogP contribution in [-0.4, -0.2) is 39.9 Å². The molecule has 0 radical (unpaired) electrons. The second-order valence-corrected chi connectivity index (χ2v) is 4.02. The van der Waals surface area contributed by atoms with Gasteiger partial charge in [0.2, 0.25) is 0 Å². The Balaban J connectivity index is 0.00000400. The summed E-state index contributed by atoms with van der Waals surface area (Å²) in [7, 11) is 3.13. The van der Waals surface area contributed by atoms with E-state index in [1.807, 2.05) is 13.0 Å². The Labute approximate surface area is 142 Å². The summed E-state index contributed by atoms with van der Waals surface area (Å²) in [5.74, 6) is 0.528. The summed E-state index contributed by atoms with van der Waals surface area (Å²) in [5.41, 5.74) is 0.816. The molecule has 0 amide bonds. The smallest absolute Gasteiger partial charge is 0.191 e. The van der Waals surface area contributed by atoms with Gasteiger partial charge in [-0.05, 0) is 24.6 Å². The molecule has 0 unspecified atom stereocenters. The third-order valence-electron chi connectivity index (χ3n) is 2.64. The van der Waals surface area contributed by atoms with Gasteiger partial charge in [0.25, 0.3) is 0 Å². The van der Waals surface area contributed by atoms with Crippen molar-refractivity contribution in [1.29, 1.82) is 0 Å². The normalized spacial score (nSPS) is 10.8. The van der Waals surface area contributed by atoms with E-state index in [0.717, 1.165) is 5.56 Å². The monoisotopic (exact) mass is 411 g/mol. The number of hydrogen-bond acceptors (Lipinski definition) is 3. The molecule has 1 rings (SSSR count). The SMILES string of the molecule is CCOCCNC(=NC)NCc1ccc(OC)c(F)c1.I. The van der Waals surface area contributed by atoms with Gasteiger partial charge in [0.1, 0.15) is 0 Å². The van der Waals surface area contributed by atoms with Crippen LogP contribution < -0.4 is 15.4 Å². The summed E-state index contributed by atoms with van der Waals surface area (Å²) in [6.07, 6.45) is 0. The zero-order valence-corrected chi connectivity index (χ0v) is 14.9. The first kappa shape index (κ1) is 19.9. The maximum Gasteiger partial charge on any atom is 0.191 e. The lowest BCUT2D eigenvalue weighted by molar-refractivity contribution is 0.152. The molecule has 2 N–H and O–H groups in total. The number of aliphatic imine (C=N–C) groups is 1. The molecule has 1 aromatic carbocycles. The summed E-state index contributed by atoms with van der Waals surface area (Å²) >= 11 is 0. The minimum atomic E-state index is -0.369. The summed E-state index contributed by atoms with van der Waals surface area (Å²) in [6, 6.07) is 4.86. The quantitative estimate of drug-likeness (QED) is 0.313. The molecule has 0 fully saturated rings. The van der Waals surface area contributed by atoms with Gasteiger partial charge < -0.3 is 20.1 Å². The summed E-state index contributed by atoms with van der Waals surface area (Å²) in [6.45, 7) is 4.41. The first-order valence-electron chi connectivity index (χ1n) is 6.56. The van der Waals surface area contributed by atoms with Gasteiger partial charge in [-0.15, -0.1) is 24.0 Å². The molecule has 1 aromatic rings. The van der Waals surface area contributed by atoms with Crippen molar-refractivity contribution >= 4 is 29.9 Å².